The van der Waals surface area contributed by atoms with Crippen LogP contribution in [0.2, 0.25) is 0 Å². The van der Waals surface area contributed by atoms with Crippen molar-refractivity contribution in [2.24, 2.45) is 0 Å². The van der Waals surface area contributed by atoms with Crippen LogP contribution in [-0.2, 0) is 17.5 Å². The Morgan fingerprint density at radius 1 is 1.14 bits per heavy atom. The monoisotopic (exact) mass is 308 g/mol. The summed E-state index contributed by atoms with van der Waals surface area (Å²) in [5, 5.41) is 6.64. The highest BCUT2D eigenvalue weighted by Gasteiger charge is 2.37. The first-order valence-corrected chi connectivity index (χ1v) is 6.35. The molecular weight excluding hydrogens is 297 g/mol. The average Bonchev–Trinajstić information content (AvgIpc) is 2.91. The SMILES string of the molecule is COCc1ccc(-c2cn3c(C(F)(F)F)nnc3cn2)cc1. The van der Waals surface area contributed by atoms with Crippen LogP contribution in [0.15, 0.2) is 36.7 Å². The lowest BCUT2D eigenvalue weighted by molar-refractivity contribution is -0.145. The van der Waals surface area contributed by atoms with E-state index in [2.05, 4.69) is 15.2 Å². The number of alkyl halides is 3. The van der Waals surface area contributed by atoms with Crippen molar-refractivity contribution in [3.63, 3.8) is 0 Å². The van der Waals surface area contributed by atoms with E-state index in [1.807, 2.05) is 12.1 Å². The minimum Gasteiger partial charge on any atom is -0.380 e. The van der Waals surface area contributed by atoms with E-state index in [1.165, 1.54) is 12.4 Å². The topological polar surface area (TPSA) is 52.3 Å². The van der Waals surface area contributed by atoms with Crippen molar-refractivity contribution in [2.75, 3.05) is 7.11 Å². The van der Waals surface area contributed by atoms with Crippen LogP contribution in [0.1, 0.15) is 11.4 Å². The highest BCUT2D eigenvalue weighted by molar-refractivity contribution is 5.60. The van der Waals surface area contributed by atoms with Crippen LogP contribution in [0.25, 0.3) is 16.9 Å². The van der Waals surface area contributed by atoms with Crippen LogP contribution in [0.5, 0.6) is 0 Å². The van der Waals surface area contributed by atoms with Gasteiger partial charge in [-0.2, -0.15) is 13.2 Å². The van der Waals surface area contributed by atoms with E-state index in [0.29, 0.717) is 17.9 Å². The molecule has 1 aromatic carbocycles. The maximum absolute atomic E-state index is 12.9. The number of fused-ring (bicyclic) bond motifs is 1. The lowest BCUT2D eigenvalue weighted by Gasteiger charge is -2.06. The minimum absolute atomic E-state index is 0.0482. The van der Waals surface area contributed by atoms with Crippen LogP contribution < -0.4 is 0 Å². The first-order chi connectivity index (χ1) is 10.5. The lowest BCUT2D eigenvalue weighted by atomic mass is 10.1. The van der Waals surface area contributed by atoms with Crippen molar-refractivity contribution in [1.82, 2.24) is 19.6 Å². The molecule has 0 aliphatic rings. The second-order valence-electron chi connectivity index (χ2n) is 4.65. The average molecular weight is 308 g/mol. The van der Waals surface area contributed by atoms with Gasteiger partial charge >= 0.3 is 6.18 Å². The third-order valence-electron chi connectivity index (χ3n) is 3.11. The van der Waals surface area contributed by atoms with Gasteiger partial charge in [0.15, 0.2) is 5.65 Å². The number of hydrogen-bond donors (Lipinski definition) is 0. The summed E-state index contributed by atoms with van der Waals surface area (Å²) in [5.41, 5.74) is 2.12. The largest absolute Gasteiger partial charge is 0.452 e. The first kappa shape index (κ1) is 14.5. The quantitative estimate of drug-likeness (QED) is 0.746. The molecule has 0 aliphatic carbocycles. The Morgan fingerprint density at radius 3 is 2.50 bits per heavy atom. The van der Waals surface area contributed by atoms with Gasteiger partial charge in [0.2, 0.25) is 5.82 Å². The van der Waals surface area contributed by atoms with Gasteiger partial charge in [-0.25, -0.2) is 0 Å². The molecule has 3 aromatic rings. The molecule has 0 spiro atoms. The maximum atomic E-state index is 12.9. The van der Waals surface area contributed by atoms with E-state index >= 15 is 0 Å². The Kier molecular flexibility index (Phi) is 3.53. The Bertz CT molecular complexity index is 796. The molecule has 5 nitrogen and oxygen atoms in total. The summed E-state index contributed by atoms with van der Waals surface area (Å²) in [6.45, 7) is 0.469. The summed E-state index contributed by atoms with van der Waals surface area (Å²) < 4.78 is 44.5. The molecule has 0 saturated heterocycles. The fourth-order valence-electron chi connectivity index (χ4n) is 2.08. The van der Waals surface area contributed by atoms with E-state index in [9.17, 15) is 13.2 Å². The molecule has 22 heavy (non-hydrogen) atoms. The molecule has 0 bridgehead atoms. The summed E-state index contributed by atoms with van der Waals surface area (Å²) in [4.78, 5) is 4.13. The van der Waals surface area contributed by atoms with Crippen molar-refractivity contribution in [1.29, 1.82) is 0 Å². The minimum atomic E-state index is -4.57. The smallest absolute Gasteiger partial charge is 0.380 e. The van der Waals surface area contributed by atoms with Crippen LogP contribution in [-0.4, -0.2) is 26.7 Å². The Hall–Kier alpha value is -2.48. The molecule has 0 unspecified atom stereocenters. The molecule has 8 heteroatoms. The zero-order valence-corrected chi connectivity index (χ0v) is 11.5. The second-order valence-corrected chi connectivity index (χ2v) is 4.65. The zero-order chi connectivity index (χ0) is 15.7. The van der Waals surface area contributed by atoms with E-state index in [1.54, 1.807) is 19.2 Å². The zero-order valence-electron chi connectivity index (χ0n) is 11.5. The number of methoxy groups -OCH3 is 1. The highest BCUT2D eigenvalue weighted by Crippen LogP contribution is 2.28. The number of halogens is 3. The molecule has 0 N–H and O–H groups in total. The van der Waals surface area contributed by atoms with Gasteiger partial charge in [-0.1, -0.05) is 24.3 Å². The van der Waals surface area contributed by atoms with Gasteiger partial charge in [0.1, 0.15) is 0 Å². The summed E-state index contributed by atoms with van der Waals surface area (Å²) in [6.07, 6.45) is -2.02. The molecule has 0 aliphatic heterocycles. The molecule has 114 valence electrons. The van der Waals surface area contributed by atoms with E-state index in [-0.39, 0.29) is 5.65 Å². The number of hydrogen-bond acceptors (Lipinski definition) is 4. The Morgan fingerprint density at radius 2 is 1.86 bits per heavy atom. The predicted octanol–water partition coefficient (Wildman–Crippen LogP) is 2.96. The third kappa shape index (κ3) is 2.64. The fraction of sp³-hybridized carbons (Fsp3) is 0.214. The number of aromatic nitrogens is 4. The number of nitrogens with zero attached hydrogens (tertiary/aromatic N) is 4. The van der Waals surface area contributed by atoms with Crippen LogP contribution in [0.3, 0.4) is 0 Å². The standard InChI is InChI=1S/C14H11F3N4O/c1-22-8-9-2-4-10(5-3-9)11-7-21-12(6-18-11)19-20-13(21)14(15,16)17/h2-7H,8H2,1H3. The van der Waals surface area contributed by atoms with Gasteiger partial charge in [-0.15, -0.1) is 10.2 Å². The molecule has 0 fully saturated rings. The van der Waals surface area contributed by atoms with Gasteiger partial charge < -0.3 is 4.74 Å². The van der Waals surface area contributed by atoms with Crippen molar-refractivity contribution in [3.05, 3.63) is 48.0 Å². The molecule has 3 rings (SSSR count). The number of benzene rings is 1. The van der Waals surface area contributed by atoms with E-state index < -0.39 is 12.0 Å². The number of ether oxygens (including phenoxy) is 1. The van der Waals surface area contributed by atoms with Crippen LogP contribution >= 0.6 is 0 Å². The predicted molar refractivity (Wildman–Crippen MR) is 71.9 cm³/mol. The molecule has 0 amide bonds. The summed E-state index contributed by atoms with van der Waals surface area (Å²) in [6, 6.07) is 7.23. The Balaban J connectivity index is 2.04. The summed E-state index contributed by atoms with van der Waals surface area (Å²) in [5.74, 6) is -1.07. The normalized spacial score (nSPS) is 12.0. The molecule has 2 heterocycles. The van der Waals surface area contributed by atoms with Gasteiger partial charge in [0, 0.05) is 18.9 Å². The van der Waals surface area contributed by atoms with Gasteiger partial charge in [0.05, 0.1) is 18.5 Å². The van der Waals surface area contributed by atoms with Crippen molar-refractivity contribution >= 4 is 5.65 Å². The molecule has 0 radical (unpaired) electrons. The summed E-state index contributed by atoms with van der Waals surface area (Å²) in [7, 11) is 1.59. The molecule has 0 saturated carbocycles. The van der Waals surface area contributed by atoms with Crippen LogP contribution in [0, 0.1) is 0 Å². The Labute approximate surface area is 123 Å². The van der Waals surface area contributed by atoms with Crippen LogP contribution in [0.4, 0.5) is 13.2 Å². The fourth-order valence-corrected chi connectivity index (χ4v) is 2.08. The second kappa shape index (κ2) is 5.38. The van der Waals surface area contributed by atoms with Crippen molar-refractivity contribution in [2.45, 2.75) is 12.8 Å². The van der Waals surface area contributed by atoms with Crippen molar-refractivity contribution < 1.29 is 17.9 Å². The van der Waals surface area contributed by atoms with E-state index in [0.717, 1.165) is 9.96 Å². The first-order valence-electron chi connectivity index (χ1n) is 6.35. The van der Waals surface area contributed by atoms with E-state index in [4.69, 9.17) is 4.74 Å². The summed E-state index contributed by atoms with van der Waals surface area (Å²) >= 11 is 0. The van der Waals surface area contributed by atoms with Gasteiger partial charge in [-0.3, -0.25) is 9.38 Å². The highest BCUT2D eigenvalue weighted by atomic mass is 19.4. The van der Waals surface area contributed by atoms with Gasteiger partial charge in [0.25, 0.3) is 0 Å². The number of rotatable bonds is 3. The molecular formula is C14H11F3N4O. The molecule has 2 aromatic heterocycles. The van der Waals surface area contributed by atoms with Crippen molar-refractivity contribution in [3.8, 4) is 11.3 Å². The maximum Gasteiger partial charge on any atom is 0.452 e. The van der Waals surface area contributed by atoms with Gasteiger partial charge in [-0.05, 0) is 5.56 Å². The third-order valence-corrected chi connectivity index (χ3v) is 3.11. The lowest BCUT2D eigenvalue weighted by Crippen LogP contribution is -2.11. The molecule has 0 atom stereocenters.